The predicted molar refractivity (Wildman–Crippen MR) is 194 cm³/mol. The lowest BCUT2D eigenvalue weighted by molar-refractivity contribution is 0.674. The van der Waals surface area contributed by atoms with Crippen molar-refractivity contribution >= 4 is 64.8 Å². The van der Waals surface area contributed by atoms with Crippen LogP contribution in [0.4, 0.5) is 0 Å². The molecule has 7 aromatic carbocycles. The molecule has 0 aliphatic heterocycles. The van der Waals surface area contributed by atoms with Gasteiger partial charge in [0.2, 0.25) is 0 Å². The van der Waals surface area contributed by atoms with Crippen molar-refractivity contribution in [3.05, 3.63) is 150 Å². The SMILES string of the molecule is CC1(C)c2ccccc2-c2c1sc1c2ccc2c3ccccc3n(-c3ccc4cc(-c5ccc6ccccc6c5)ccc4c3)c21. The molecule has 2 heterocycles. The Hall–Kier alpha value is -5.18. The van der Waals surface area contributed by atoms with Crippen molar-refractivity contribution in [1.82, 2.24) is 4.57 Å². The number of benzene rings is 7. The molecule has 0 bridgehead atoms. The van der Waals surface area contributed by atoms with Crippen molar-refractivity contribution in [2.75, 3.05) is 0 Å². The average molecular weight is 592 g/mol. The van der Waals surface area contributed by atoms with Gasteiger partial charge in [0.05, 0.1) is 15.7 Å². The van der Waals surface area contributed by atoms with Crippen LogP contribution in [0.3, 0.4) is 0 Å². The lowest BCUT2D eigenvalue weighted by Crippen LogP contribution is -2.13. The summed E-state index contributed by atoms with van der Waals surface area (Å²) in [5, 5.41) is 9.03. The highest BCUT2D eigenvalue weighted by Gasteiger charge is 2.38. The molecule has 1 nitrogen and oxygen atoms in total. The van der Waals surface area contributed by atoms with E-state index in [1.807, 2.05) is 11.3 Å². The Kier molecular flexibility index (Phi) is 5.00. The van der Waals surface area contributed by atoms with Crippen molar-refractivity contribution in [1.29, 1.82) is 0 Å². The topological polar surface area (TPSA) is 4.93 Å². The summed E-state index contributed by atoms with van der Waals surface area (Å²) in [5.41, 5.74) is 10.5. The van der Waals surface area contributed by atoms with E-state index in [1.165, 1.54) is 91.8 Å². The summed E-state index contributed by atoms with van der Waals surface area (Å²) in [6.07, 6.45) is 0. The summed E-state index contributed by atoms with van der Waals surface area (Å²) < 4.78 is 3.89. The van der Waals surface area contributed by atoms with Crippen molar-refractivity contribution in [2.24, 2.45) is 0 Å². The number of nitrogens with zero attached hydrogens (tertiary/aromatic N) is 1. The van der Waals surface area contributed by atoms with Gasteiger partial charge in [-0.2, -0.15) is 0 Å². The molecule has 9 aromatic rings. The first-order valence-corrected chi connectivity index (χ1v) is 16.5. The van der Waals surface area contributed by atoms with Crippen molar-refractivity contribution in [2.45, 2.75) is 19.3 Å². The third kappa shape index (κ3) is 3.43. The van der Waals surface area contributed by atoms with Gasteiger partial charge in [-0.05, 0) is 74.1 Å². The Morgan fingerprint density at radius 2 is 1.18 bits per heavy atom. The second-order valence-corrected chi connectivity index (χ2v) is 14.0. The Morgan fingerprint density at radius 1 is 0.533 bits per heavy atom. The third-order valence-electron chi connectivity index (χ3n) is 10.1. The van der Waals surface area contributed by atoms with Crippen LogP contribution in [0.25, 0.3) is 81.4 Å². The van der Waals surface area contributed by atoms with Crippen LogP contribution in [0.2, 0.25) is 0 Å². The van der Waals surface area contributed by atoms with E-state index in [0.717, 1.165) is 0 Å². The van der Waals surface area contributed by atoms with Gasteiger partial charge in [0.25, 0.3) is 0 Å². The fraction of sp³-hybridized carbons (Fsp3) is 0.0698. The van der Waals surface area contributed by atoms with E-state index in [1.54, 1.807) is 0 Å². The zero-order valence-corrected chi connectivity index (χ0v) is 26.0. The molecule has 0 radical (unpaired) electrons. The Labute approximate surface area is 265 Å². The quantitative estimate of drug-likeness (QED) is 0.188. The number of fused-ring (bicyclic) bond motifs is 11. The number of hydrogen-bond donors (Lipinski definition) is 0. The van der Waals surface area contributed by atoms with Gasteiger partial charge in [0.1, 0.15) is 0 Å². The molecule has 0 spiro atoms. The Bertz CT molecular complexity index is 2680. The molecule has 0 saturated carbocycles. The predicted octanol–water partition coefficient (Wildman–Crippen LogP) is 12.3. The van der Waals surface area contributed by atoms with Crippen LogP contribution >= 0.6 is 11.3 Å². The molecule has 1 aliphatic carbocycles. The molecular weight excluding hydrogens is 563 g/mol. The molecule has 0 amide bonds. The smallest absolute Gasteiger partial charge is 0.0719 e. The molecule has 0 fully saturated rings. The summed E-state index contributed by atoms with van der Waals surface area (Å²) in [4.78, 5) is 1.47. The maximum absolute atomic E-state index is 2.51. The third-order valence-corrected chi connectivity index (χ3v) is 11.6. The van der Waals surface area contributed by atoms with Gasteiger partial charge >= 0.3 is 0 Å². The highest BCUT2D eigenvalue weighted by molar-refractivity contribution is 7.21. The zero-order chi connectivity index (χ0) is 29.9. The van der Waals surface area contributed by atoms with Crippen LogP contribution in [0.15, 0.2) is 140 Å². The lowest BCUT2D eigenvalue weighted by atomic mass is 9.87. The molecule has 0 saturated heterocycles. The van der Waals surface area contributed by atoms with Gasteiger partial charge in [-0.1, -0.05) is 123 Å². The minimum atomic E-state index is -0.00944. The zero-order valence-electron chi connectivity index (χ0n) is 25.1. The molecule has 45 heavy (non-hydrogen) atoms. The molecule has 1 aliphatic rings. The van der Waals surface area contributed by atoms with E-state index in [9.17, 15) is 0 Å². The van der Waals surface area contributed by atoms with E-state index < -0.39 is 0 Å². The number of rotatable bonds is 2. The largest absolute Gasteiger partial charge is 0.308 e. The molecule has 0 unspecified atom stereocenters. The van der Waals surface area contributed by atoms with Crippen molar-refractivity contribution in [3.63, 3.8) is 0 Å². The Balaban J connectivity index is 1.20. The van der Waals surface area contributed by atoms with Gasteiger partial charge in [-0.25, -0.2) is 0 Å². The molecule has 2 heteroatoms. The number of hydrogen-bond acceptors (Lipinski definition) is 1. The van der Waals surface area contributed by atoms with Crippen LogP contribution in [0.5, 0.6) is 0 Å². The first-order chi connectivity index (χ1) is 22.1. The fourth-order valence-electron chi connectivity index (χ4n) is 7.87. The maximum atomic E-state index is 2.51. The van der Waals surface area contributed by atoms with Gasteiger partial charge in [0, 0.05) is 37.7 Å². The number of aromatic nitrogens is 1. The van der Waals surface area contributed by atoms with Gasteiger partial charge in [-0.3, -0.25) is 0 Å². The summed E-state index contributed by atoms with van der Waals surface area (Å²) in [6.45, 7) is 4.77. The van der Waals surface area contributed by atoms with E-state index in [-0.39, 0.29) is 5.41 Å². The average Bonchev–Trinajstić information content (AvgIpc) is 3.71. The van der Waals surface area contributed by atoms with E-state index >= 15 is 0 Å². The fourth-order valence-corrected chi connectivity index (χ4v) is 9.34. The first-order valence-electron chi connectivity index (χ1n) is 15.7. The van der Waals surface area contributed by atoms with Crippen LogP contribution in [0.1, 0.15) is 24.3 Å². The van der Waals surface area contributed by atoms with Crippen LogP contribution < -0.4 is 0 Å². The first kappa shape index (κ1) is 25.2. The maximum Gasteiger partial charge on any atom is 0.0719 e. The van der Waals surface area contributed by atoms with Crippen LogP contribution in [-0.2, 0) is 5.41 Å². The van der Waals surface area contributed by atoms with Crippen molar-refractivity contribution in [3.8, 4) is 27.9 Å². The number of thiophene rings is 1. The minimum Gasteiger partial charge on any atom is -0.308 e. The number of para-hydroxylation sites is 1. The second kappa shape index (κ2) is 8.94. The summed E-state index contributed by atoms with van der Waals surface area (Å²) in [6, 6.07) is 51.8. The molecule has 212 valence electrons. The summed E-state index contributed by atoms with van der Waals surface area (Å²) >= 11 is 1.99. The molecule has 2 aromatic heterocycles. The highest BCUT2D eigenvalue weighted by atomic mass is 32.1. The molecule has 0 atom stereocenters. The molecular formula is C43H29NS. The Morgan fingerprint density at radius 3 is 2.04 bits per heavy atom. The normalized spacial score (nSPS) is 13.7. The van der Waals surface area contributed by atoms with Crippen LogP contribution in [0, 0.1) is 0 Å². The summed E-state index contributed by atoms with van der Waals surface area (Å²) in [7, 11) is 0. The standard InChI is InChI=1S/C43H29NS/c1-43(2)37-13-7-5-12-35(37)39-36-22-21-34-33-11-6-8-14-38(33)44(40(34)41(36)45-42(39)43)32-20-19-30-24-29(17-18-31(30)25-32)28-16-15-26-9-3-4-10-27(26)23-28/h3-25H,1-2H3. The van der Waals surface area contributed by atoms with Gasteiger partial charge < -0.3 is 4.57 Å². The minimum absolute atomic E-state index is 0.00944. The van der Waals surface area contributed by atoms with Gasteiger partial charge in [0.15, 0.2) is 0 Å². The van der Waals surface area contributed by atoms with Crippen molar-refractivity contribution < 1.29 is 0 Å². The second-order valence-electron chi connectivity index (χ2n) is 13.0. The molecule has 10 rings (SSSR count). The van der Waals surface area contributed by atoms with E-state index in [2.05, 4.69) is 158 Å². The van der Waals surface area contributed by atoms with Crippen LogP contribution in [-0.4, -0.2) is 4.57 Å². The molecule has 0 N–H and O–H groups in total. The monoisotopic (exact) mass is 591 g/mol. The van der Waals surface area contributed by atoms with E-state index in [4.69, 9.17) is 0 Å². The summed E-state index contributed by atoms with van der Waals surface area (Å²) in [5.74, 6) is 0. The highest BCUT2D eigenvalue weighted by Crippen LogP contribution is 2.56. The van der Waals surface area contributed by atoms with Gasteiger partial charge in [-0.15, -0.1) is 11.3 Å². The van der Waals surface area contributed by atoms with E-state index in [0.29, 0.717) is 0 Å². The lowest BCUT2D eigenvalue weighted by Gasteiger charge is -2.19.